The quantitative estimate of drug-likeness (QED) is 0.509. The van der Waals surface area contributed by atoms with Gasteiger partial charge in [-0.1, -0.05) is 25.7 Å². The molecule has 0 saturated heterocycles. The van der Waals surface area contributed by atoms with E-state index in [0.717, 1.165) is 11.8 Å². The van der Waals surface area contributed by atoms with E-state index >= 15 is 0 Å². The van der Waals surface area contributed by atoms with Crippen molar-refractivity contribution < 1.29 is 0 Å². The molecule has 1 N–H and O–H groups in total. The highest BCUT2D eigenvalue weighted by Gasteiger charge is 2.30. The van der Waals surface area contributed by atoms with Crippen molar-refractivity contribution in [2.75, 3.05) is 0 Å². The van der Waals surface area contributed by atoms with Crippen LogP contribution in [0.15, 0.2) is 0 Å². The molecule has 0 aromatic carbocycles. The first-order valence-corrected chi connectivity index (χ1v) is 5.07. The van der Waals surface area contributed by atoms with Crippen molar-refractivity contribution in [1.82, 2.24) is 5.73 Å². The first kappa shape index (κ1) is 7.60. The lowest BCUT2D eigenvalue weighted by atomic mass is 9.70. The van der Waals surface area contributed by atoms with Crippen molar-refractivity contribution in [2.45, 2.75) is 51.0 Å². The van der Waals surface area contributed by atoms with Crippen LogP contribution >= 0.6 is 0 Å². The van der Waals surface area contributed by atoms with Crippen LogP contribution in [0.1, 0.15) is 44.9 Å². The van der Waals surface area contributed by atoms with Crippen molar-refractivity contribution >= 4 is 0 Å². The van der Waals surface area contributed by atoms with Gasteiger partial charge in [-0.2, -0.15) is 0 Å². The lowest BCUT2D eigenvalue weighted by Crippen LogP contribution is -2.30. The summed E-state index contributed by atoms with van der Waals surface area (Å²) in [7, 11) is 0. The van der Waals surface area contributed by atoms with Gasteiger partial charge in [-0.15, -0.1) is 0 Å². The third-order valence-electron chi connectivity index (χ3n) is 3.54. The highest BCUT2D eigenvalue weighted by Crippen LogP contribution is 2.39. The van der Waals surface area contributed by atoms with Crippen molar-refractivity contribution in [3.8, 4) is 0 Å². The molecular weight excluding hydrogens is 134 g/mol. The normalized spacial score (nSPS) is 45.0. The second kappa shape index (κ2) is 3.14. The Balaban J connectivity index is 1.93. The Kier molecular flexibility index (Phi) is 2.17. The highest BCUT2D eigenvalue weighted by molar-refractivity contribution is 4.84. The maximum atomic E-state index is 7.69. The maximum absolute atomic E-state index is 7.69. The predicted octanol–water partition coefficient (Wildman–Crippen LogP) is 2.63. The molecule has 1 nitrogen and oxygen atoms in total. The number of hydrogen-bond donors (Lipinski definition) is 0. The molecule has 2 rings (SSSR count). The molecule has 0 aromatic heterocycles. The van der Waals surface area contributed by atoms with Crippen molar-refractivity contribution in [2.24, 2.45) is 11.8 Å². The van der Waals surface area contributed by atoms with E-state index in [9.17, 15) is 0 Å². The minimum Gasteiger partial charge on any atom is -0.255 e. The summed E-state index contributed by atoms with van der Waals surface area (Å²) in [6.07, 6.45) is 9.56. The van der Waals surface area contributed by atoms with Gasteiger partial charge in [-0.25, -0.2) is 0 Å². The summed E-state index contributed by atoms with van der Waals surface area (Å²) in [5.41, 5.74) is 7.69. The van der Waals surface area contributed by atoms with Gasteiger partial charge in [0.2, 0.25) is 0 Å². The molecular formula is C10H18N. The SMILES string of the molecule is [NH]C1CCC2CCCCC2C1. The highest BCUT2D eigenvalue weighted by atomic mass is 14.6. The van der Waals surface area contributed by atoms with E-state index in [-0.39, 0.29) is 6.04 Å². The average Bonchev–Trinajstić information content (AvgIpc) is 2.04. The van der Waals surface area contributed by atoms with Gasteiger partial charge in [0.15, 0.2) is 0 Å². The molecule has 0 aromatic rings. The number of nitrogens with one attached hydrogen (secondary N) is 1. The van der Waals surface area contributed by atoms with Gasteiger partial charge in [0.1, 0.15) is 0 Å². The molecule has 0 amide bonds. The Bertz CT molecular complexity index is 133. The Morgan fingerprint density at radius 2 is 1.55 bits per heavy atom. The average molecular weight is 152 g/mol. The third-order valence-corrected chi connectivity index (χ3v) is 3.54. The minimum absolute atomic E-state index is 0.286. The van der Waals surface area contributed by atoms with Gasteiger partial charge < -0.3 is 0 Å². The molecule has 0 heterocycles. The second-order valence-electron chi connectivity index (χ2n) is 4.31. The van der Waals surface area contributed by atoms with Crippen LogP contribution in [0.3, 0.4) is 0 Å². The van der Waals surface area contributed by atoms with Gasteiger partial charge in [-0.05, 0) is 31.1 Å². The summed E-state index contributed by atoms with van der Waals surface area (Å²) in [6.45, 7) is 0. The first-order chi connectivity index (χ1) is 5.36. The summed E-state index contributed by atoms with van der Waals surface area (Å²) in [6, 6.07) is 0.286. The molecule has 0 spiro atoms. The number of rotatable bonds is 0. The maximum Gasteiger partial charge on any atom is 0.0215 e. The molecule has 1 radical (unpaired) electrons. The van der Waals surface area contributed by atoms with E-state index in [1.54, 1.807) is 0 Å². The lowest BCUT2D eigenvalue weighted by Gasteiger charge is -2.37. The zero-order valence-corrected chi connectivity index (χ0v) is 7.18. The zero-order valence-electron chi connectivity index (χ0n) is 7.18. The van der Waals surface area contributed by atoms with E-state index < -0.39 is 0 Å². The molecule has 2 fully saturated rings. The van der Waals surface area contributed by atoms with Crippen molar-refractivity contribution in [3.63, 3.8) is 0 Å². The monoisotopic (exact) mass is 152 g/mol. The summed E-state index contributed by atoms with van der Waals surface area (Å²) in [5.74, 6) is 1.96. The fraction of sp³-hybridized carbons (Fsp3) is 1.00. The Hall–Kier alpha value is -0.0400. The smallest absolute Gasteiger partial charge is 0.0215 e. The number of fused-ring (bicyclic) bond motifs is 1. The molecule has 2 aliphatic rings. The van der Waals surface area contributed by atoms with Crippen LogP contribution in [0.5, 0.6) is 0 Å². The Morgan fingerprint density at radius 1 is 0.818 bits per heavy atom. The van der Waals surface area contributed by atoms with Gasteiger partial charge >= 0.3 is 0 Å². The molecule has 3 unspecified atom stereocenters. The first-order valence-electron chi connectivity index (χ1n) is 5.07. The van der Waals surface area contributed by atoms with E-state index in [4.69, 9.17) is 5.73 Å². The van der Waals surface area contributed by atoms with Crippen LogP contribution in [0.2, 0.25) is 0 Å². The standard InChI is InChI=1S/C10H18N/c11-10-6-5-8-3-1-2-4-9(8)7-10/h8-11H,1-7H2. The molecule has 3 atom stereocenters. The molecule has 2 aliphatic carbocycles. The fourth-order valence-electron chi connectivity index (χ4n) is 2.87. The summed E-state index contributed by atoms with van der Waals surface area (Å²) < 4.78 is 0. The largest absolute Gasteiger partial charge is 0.255 e. The fourth-order valence-corrected chi connectivity index (χ4v) is 2.87. The van der Waals surface area contributed by atoms with E-state index in [2.05, 4.69) is 0 Å². The predicted molar refractivity (Wildman–Crippen MR) is 46.2 cm³/mol. The zero-order chi connectivity index (χ0) is 7.68. The van der Waals surface area contributed by atoms with Gasteiger partial charge in [0.05, 0.1) is 0 Å². The summed E-state index contributed by atoms with van der Waals surface area (Å²) in [5, 5.41) is 0. The van der Waals surface area contributed by atoms with Gasteiger partial charge in [-0.3, -0.25) is 5.73 Å². The van der Waals surface area contributed by atoms with E-state index in [1.165, 1.54) is 44.9 Å². The van der Waals surface area contributed by atoms with Crippen LogP contribution in [-0.4, -0.2) is 6.04 Å². The number of hydrogen-bond acceptors (Lipinski definition) is 0. The van der Waals surface area contributed by atoms with Crippen molar-refractivity contribution in [1.29, 1.82) is 0 Å². The summed E-state index contributed by atoms with van der Waals surface area (Å²) in [4.78, 5) is 0. The van der Waals surface area contributed by atoms with Crippen LogP contribution in [0.4, 0.5) is 0 Å². The molecule has 0 aliphatic heterocycles. The Morgan fingerprint density at radius 3 is 2.36 bits per heavy atom. The van der Waals surface area contributed by atoms with Crippen LogP contribution < -0.4 is 5.73 Å². The lowest BCUT2D eigenvalue weighted by molar-refractivity contribution is 0.155. The third kappa shape index (κ3) is 1.58. The summed E-state index contributed by atoms with van der Waals surface area (Å²) >= 11 is 0. The molecule has 2 saturated carbocycles. The molecule has 1 heteroatoms. The van der Waals surface area contributed by atoms with E-state index in [1.807, 2.05) is 0 Å². The second-order valence-corrected chi connectivity index (χ2v) is 4.31. The molecule has 11 heavy (non-hydrogen) atoms. The minimum atomic E-state index is 0.286. The van der Waals surface area contributed by atoms with Gasteiger partial charge in [0, 0.05) is 6.04 Å². The Labute approximate surface area is 69.4 Å². The van der Waals surface area contributed by atoms with Crippen LogP contribution in [0, 0.1) is 11.8 Å². The topological polar surface area (TPSA) is 23.8 Å². The van der Waals surface area contributed by atoms with Crippen LogP contribution in [0.25, 0.3) is 0 Å². The van der Waals surface area contributed by atoms with E-state index in [0.29, 0.717) is 0 Å². The molecule has 0 bridgehead atoms. The van der Waals surface area contributed by atoms with Crippen LogP contribution in [-0.2, 0) is 0 Å². The van der Waals surface area contributed by atoms with Crippen molar-refractivity contribution in [3.05, 3.63) is 0 Å². The van der Waals surface area contributed by atoms with Gasteiger partial charge in [0.25, 0.3) is 0 Å². The molecule has 63 valence electrons.